The van der Waals surface area contributed by atoms with Gasteiger partial charge in [0, 0.05) is 31.2 Å². The Hall–Kier alpha value is -2.30. The summed E-state index contributed by atoms with van der Waals surface area (Å²) in [5, 5.41) is 0.689. The van der Waals surface area contributed by atoms with Crippen LogP contribution in [0, 0.1) is 0 Å². The van der Waals surface area contributed by atoms with Gasteiger partial charge in [0.05, 0.1) is 12.7 Å². The number of fused-ring (bicyclic) bond motifs is 1. The minimum absolute atomic E-state index is 0.364. The van der Waals surface area contributed by atoms with E-state index in [1.165, 1.54) is 4.90 Å². The number of aromatic amines is 1. The van der Waals surface area contributed by atoms with Gasteiger partial charge in [-0.2, -0.15) is 0 Å². The summed E-state index contributed by atoms with van der Waals surface area (Å²) in [6, 6.07) is 5.34. The molecule has 0 aliphatic rings. The number of ether oxygens (including phenoxy) is 1. The highest BCUT2D eigenvalue weighted by Crippen LogP contribution is 2.24. The minimum atomic E-state index is -0.543. The van der Waals surface area contributed by atoms with Crippen LogP contribution < -0.4 is 4.74 Å². The zero-order chi connectivity index (χ0) is 13.3. The molecule has 0 saturated heterocycles. The van der Waals surface area contributed by atoms with Crippen LogP contribution in [0.4, 0.5) is 0 Å². The Kier molecular flexibility index (Phi) is 3.06. The van der Waals surface area contributed by atoms with E-state index in [-0.39, 0.29) is 0 Å². The monoisotopic (exact) mass is 246 g/mol. The average molecular weight is 246 g/mol. The van der Waals surface area contributed by atoms with Crippen molar-refractivity contribution in [2.75, 3.05) is 21.2 Å². The number of hydrogen-bond acceptors (Lipinski definition) is 3. The summed E-state index contributed by atoms with van der Waals surface area (Å²) in [4.78, 5) is 27.9. The number of likely N-dealkylation sites (N-methyl/N-ethyl adjacent to an activating group) is 1. The highest BCUT2D eigenvalue weighted by molar-refractivity contribution is 6.44. The number of rotatable bonds is 3. The molecule has 2 aromatic rings. The lowest BCUT2D eigenvalue weighted by Gasteiger charge is -2.08. The molecule has 0 unspecified atom stereocenters. The average Bonchev–Trinajstić information content (AvgIpc) is 2.79. The zero-order valence-electron chi connectivity index (χ0n) is 10.5. The summed E-state index contributed by atoms with van der Waals surface area (Å²) < 4.78 is 5.11. The van der Waals surface area contributed by atoms with Crippen LogP contribution in [0.15, 0.2) is 24.4 Å². The highest BCUT2D eigenvalue weighted by Gasteiger charge is 2.21. The topological polar surface area (TPSA) is 62.4 Å². The molecule has 0 atom stereocenters. The lowest BCUT2D eigenvalue weighted by atomic mass is 10.1. The molecule has 94 valence electrons. The number of ketones is 1. The number of carbonyl (C=O) groups excluding carboxylic acids is 2. The molecule has 1 aromatic heterocycles. The second-order valence-corrected chi connectivity index (χ2v) is 4.14. The van der Waals surface area contributed by atoms with Crippen molar-refractivity contribution in [3.63, 3.8) is 0 Å². The Bertz CT molecular complexity index is 614. The first kappa shape index (κ1) is 12.2. The van der Waals surface area contributed by atoms with Crippen molar-refractivity contribution in [1.29, 1.82) is 0 Å². The SMILES string of the molecule is COc1ccc2[nH]cc(C(=O)C(=O)N(C)C)c2c1. The normalized spacial score (nSPS) is 10.4. The fraction of sp³-hybridized carbons (Fsp3) is 0.231. The molecule has 0 saturated carbocycles. The molecule has 18 heavy (non-hydrogen) atoms. The number of benzene rings is 1. The highest BCUT2D eigenvalue weighted by atomic mass is 16.5. The predicted molar refractivity (Wildman–Crippen MR) is 67.9 cm³/mol. The molecular weight excluding hydrogens is 232 g/mol. The van der Waals surface area contributed by atoms with Crippen molar-refractivity contribution in [3.05, 3.63) is 30.0 Å². The number of amides is 1. The second-order valence-electron chi connectivity index (χ2n) is 4.14. The Morgan fingerprint density at radius 2 is 2.00 bits per heavy atom. The van der Waals surface area contributed by atoms with Crippen molar-refractivity contribution >= 4 is 22.6 Å². The van der Waals surface area contributed by atoms with E-state index >= 15 is 0 Å². The first-order valence-corrected chi connectivity index (χ1v) is 5.45. The van der Waals surface area contributed by atoms with Crippen molar-refractivity contribution < 1.29 is 14.3 Å². The Morgan fingerprint density at radius 3 is 2.61 bits per heavy atom. The van der Waals surface area contributed by atoms with E-state index in [0.717, 1.165) is 5.52 Å². The number of nitrogens with zero attached hydrogens (tertiary/aromatic N) is 1. The first-order valence-electron chi connectivity index (χ1n) is 5.45. The quantitative estimate of drug-likeness (QED) is 0.658. The number of methoxy groups -OCH3 is 1. The zero-order valence-corrected chi connectivity index (χ0v) is 10.5. The second kappa shape index (κ2) is 4.52. The van der Waals surface area contributed by atoms with Crippen LogP contribution in [0.25, 0.3) is 10.9 Å². The predicted octanol–water partition coefficient (Wildman–Crippen LogP) is 1.45. The van der Waals surface area contributed by atoms with Gasteiger partial charge < -0.3 is 14.6 Å². The van der Waals surface area contributed by atoms with Crippen LogP contribution in [0.5, 0.6) is 5.75 Å². The summed E-state index contributed by atoms with van der Waals surface area (Å²) in [5.41, 5.74) is 1.16. The molecule has 5 heteroatoms. The van der Waals surface area contributed by atoms with Gasteiger partial charge in [0.15, 0.2) is 0 Å². The maximum atomic E-state index is 12.0. The van der Waals surface area contributed by atoms with Gasteiger partial charge in [-0.05, 0) is 18.2 Å². The summed E-state index contributed by atoms with van der Waals surface area (Å²) in [5.74, 6) is -0.424. The van der Waals surface area contributed by atoms with Gasteiger partial charge in [0.25, 0.3) is 11.7 Å². The van der Waals surface area contributed by atoms with E-state index in [9.17, 15) is 9.59 Å². The molecule has 1 N–H and O–H groups in total. The molecule has 1 amide bonds. The third-order valence-electron chi connectivity index (χ3n) is 2.73. The fourth-order valence-corrected chi connectivity index (χ4v) is 1.73. The van der Waals surface area contributed by atoms with Crippen LogP contribution in [0.3, 0.4) is 0 Å². The van der Waals surface area contributed by atoms with Gasteiger partial charge in [-0.1, -0.05) is 0 Å². The molecule has 1 aromatic carbocycles. The smallest absolute Gasteiger partial charge is 0.294 e. The third-order valence-corrected chi connectivity index (χ3v) is 2.73. The van der Waals surface area contributed by atoms with Crippen LogP contribution in [0.2, 0.25) is 0 Å². The van der Waals surface area contributed by atoms with Crippen LogP contribution >= 0.6 is 0 Å². The molecule has 2 rings (SSSR count). The maximum absolute atomic E-state index is 12.0. The number of hydrogen-bond donors (Lipinski definition) is 1. The molecule has 0 aliphatic heterocycles. The Balaban J connectivity index is 2.51. The summed E-state index contributed by atoms with van der Waals surface area (Å²) in [6.07, 6.45) is 1.55. The van der Waals surface area contributed by atoms with Crippen molar-refractivity contribution in [2.45, 2.75) is 0 Å². The standard InChI is InChI=1S/C13H14N2O3/c1-15(2)13(17)12(16)10-7-14-11-5-4-8(18-3)6-9(10)11/h4-7,14H,1-3H3. The first-order chi connectivity index (χ1) is 8.54. The van der Waals surface area contributed by atoms with Crippen LogP contribution in [-0.2, 0) is 4.79 Å². The van der Waals surface area contributed by atoms with Gasteiger partial charge in [0.2, 0.25) is 0 Å². The molecule has 0 spiro atoms. The lowest BCUT2D eigenvalue weighted by molar-refractivity contribution is -0.124. The van der Waals surface area contributed by atoms with E-state index in [2.05, 4.69) is 4.98 Å². The van der Waals surface area contributed by atoms with Gasteiger partial charge in [-0.3, -0.25) is 9.59 Å². The lowest BCUT2D eigenvalue weighted by Crippen LogP contribution is -2.29. The van der Waals surface area contributed by atoms with Crippen molar-refractivity contribution in [3.8, 4) is 5.75 Å². The van der Waals surface area contributed by atoms with E-state index in [1.807, 2.05) is 6.07 Å². The molecule has 1 heterocycles. The van der Waals surface area contributed by atoms with Crippen molar-refractivity contribution in [2.24, 2.45) is 0 Å². The summed E-state index contributed by atoms with van der Waals surface area (Å²) >= 11 is 0. The number of H-pyrrole nitrogens is 1. The fourth-order valence-electron chi connectivity index (χ4n) is 1.73. The molecule has 0 bridgehead atoms. The van der Waals surface area contributed by atoms with E-state index in [1.54, 1.807) is 39.5 Å². The molecular formula is C13H14N2O3. The molecule has 0 radical (unpaired) electrons. The van der Waals surface area contributed by atoms with Crippen LogP contribution in [-0.4, -0.2) is 42.8 Å². The number of Topliss-reactive ketones (excluding diaryl/α,β-unsaturated/α-hetero) is 1. The van der Waals surface area contributed by atoms with Crippen molar-refractivity contribution in [1.82, 2.24) is 9.88 Å². The van der Waals surface area contributed by atoms with E-state index < -0.39 is 11.7 Å². The Morgan fingerprint density at radius 1 is 1.28 bits per heavy atom. The summed E-state index contributed by atoms with van der Waals surface area (Å²) in [7, 11) is 4.66. The number of aromatic nitrogens is 1. The molecule has 0 aliphatic carbocycles. The van der Waals surface area contributed by atoms with E-state index in [0.29, 0.717) is 16.7 Å². The maximum Gasteiger partial charge on any atom is 0.294 e. The van der Waals surface area contributed by atoms with Gasteiger partial charge >= 0.3 is 0 Å². The van der Waals surface area contributed by atoms with Gasteiger partial charge in [-0.15, -0.1) is 0 Å². The van der Waals surface area contributed by atoms with Gasteiger partial charge in [0.1, 0.15) is 5.75 Å². The summed E-state index contributed by atoms with van der Waals surface area (Å²) in [6.45, 7) is 0. The molecule has 5 nitrogen and oxygen atoms in total. The minimum Gasteiger partial charge on any atom is -0.497 e. The van der Waals surface area contributed by atoms with Gasteiger partial charge in [-0.25, -0.2) is 0 Å². The molecule has 0 fully saturated rings. The van der Waals surface area contributed by atoms with Crippen LogP contribution in [0.1, 0.15) is 10.4 Å². The number of carbonyl (C=O) groups is 2. The Labute approximate surface area is 104 Å². The number of nitrogens with one attached hydrogen (secondary N) is 1. The largest absolute Gasteiger partial charge is 0.497 e. The van der Waals surface area contributed by atoms with E-state index in [4.69, 9.17) is 4.74 Å². The third kappa shape index (κ3) is 1.95.